The Morgan fingerprint density at radius 3 is 0.838 bits per heavy atom. The van der Waals surface area contributed by atoms with E-state index in [1.807, 2.05) is 0 Å². The van der Waals surface area contributed by atoms with E-state index in [1.54, 1.807) is 0 Å². The Hall–Kier alpha value is 3.04. The minimum atomic E-state index is -5.20. The molecule has 0 heterocycles. The Kier molecular flexibility index (Phi) is 33.5. The molecule has 0 N–H and O–H groups in total. The molecule has 8 nitrogen and oxygen atoms in total. The van der Waals surface area contributed by atoms with Crippen molar-refractivity contribution in [1.82, 2.24) is 0 Å². The standard InChI is InChI=1S/C24H50O8S3.2K.2H/c1-3-5-7-9-11-13-15-17-19-21-23-33(25,26)31-35(29,30)32-34(27,28)24-22-20-18-16-14-12-10-8-6-4-2;;;;/h3-24H2,1-2H3;;;;. The number of rotatable bonds is 26. The molecule has 0 aliphatic rings. The van der Waals surface area contributed by atoms with E-state index in [0.717, 1.165) is 38.5 Å². The second-order valence-electron chi connectivity index (χ2n) is 9.43. The SMILES string of the molecule is CCCCCCCCCCCCS(=O)(=O)OS(=O)(=O)OS(=O)(=O)CCCCCCCCCCCC.[KH].[KH]. The fourth-order valence-corrected chi connectivity index (χ4v) is 7.85. The van der Waals surface area contributed by atoms with Gasteiger partial charge in [-0.3, -0.25) is 0 Å². The van der Waals surface area contributed by atoms with Crippen molar-refractivity contribution in [2.45, 2.75) is 142 Å². The first-order chi connectivity index (χ1) is 16.5. The molecule has 37 heavy (non-hydrogen) atoms. The molecule has 0 saturated carbocycles. The summed E-state index contributed by atoms with van der Waals surface area (Å²) in [6.45, 7) is 4.35. The van der Waals surface area contributed by atoms with Crippen molar-refractivity contribution in [3.05, 3.63) is 0 Å². The average molecular weight is 643 g/mol. The molecular weight excluding hydrogens is 591 g/mol. The van der Waals surface area contributed by atoms with Crippen LogP contribution in [0.2, 0.25) is 0 Å². The molecule has 0 fully saturated rings. The molecule has 0 radical (unpaired) electrons. The van der Waals surface area contributed by atoms with Gasteiger partial charge in [0.2, 0.25) is 0 Å². The van der Waals surface area contributed by atoms with Crippen molar-refractivity contribution in [2.75, 3.05) is 11.5 Å². The summed E-state index contributed by atoms with van der Waals surface area (Å²) in [6, 6.07) is 0. The predicted molar refractivity (Wildman–Crippen MR) is 157 cm³/mol. The van der Waals surface area contributed by atoms with Gasteiger partial charge in [0.25, 0.3) is 20.2 Å². The molecular formula is C24H52K2O8S3. The zero-order valence-electron chi connectivity index (χ0n) is 22.0. The van der Waals surface area contributed by atoms with Crippen LogP contribution in [0.5, 0.6) is 0 Å². The normalized spacial score (nSPS) is 12.2. The van der Waals surface area contributed by atoms with Crippen molar-refractivity contribution >= 4 is 133 Å². The molecule has 0 bridgehead atoms. The first-order valence-corrected chi connectivity index (χ1v) is 18.1. The molecule has 0 amide bonds. The van der Waals surface area contributed by atoms with E-state index in [-0.39, 0.29) is 116 Å². The summed E-state index contributed by atoms with van der Waals surface area (Å²) in [5, 5.41) is 0. The van der Waals surface area contributed by atoms with E-state index in [0.29, 0.717) is 12.8 Å². The van der Waals surface area contributed by atoms with Crippen molar-refractivity contribution in [3.8, 4) is 0 Å². The van der Waals surface area contributed by atoms with Crippen LogP contribution < -0.4 is 0 Å². The maximum atomic E-state index is 11.9. The summed E-state index contributed by atoms with van der Waals surface area (Å²) in [5.41, 5.74) is 0. The van der Waals surface area contributed by atoms with E-state index in [2.05, 4.69) is 21.1 Å². The monoisotopic (exact) mass is 642 g/mol. The molecule has 0 aliphatic heterocycles. The van der Waals surface area contributed by atoms with Gasteiger partial charge in [-0.1, -0.05) is 129 Å². The van der Waals surface area contributed by atoms with Crippen LogP contribution in [0.4, 0.5) is 0 Å². The zero-order chi connectivity index (χ0) is 26.5. The van der Waals surface area contributed by atoms with Crippen LogP contribution >= 0.6 is 0 Å². The summed E-state index contributed by atoms with van der Waals surface area (Å²) in [7, 11) is -14.1. The molecule has 0 unspecified atom stereocenters. The first-order valence-electron chi connectivity index (χ1n) is 13.7. The molecule has 0 saturated heterocycles. The minimum absolute atomic E-state index is 0. The summed E-state index contributed by atoms with van der Waals surface area (Å²) >= 11 is 0. The van der Waals surface area contributed by atoms with E-state index in [1.165, 1.54) is 64.2 Å². The molecule has 0 aromatic heterocycles. The Morgan fingerprint density at radius 2 is 0.595 bits per heavy atom. The van der Waals surface area contributed by atoms with Gasteiger partial charge < -0.3 is 0 Å². The van der Waals surface area contributed by atoms with Crippen molar-refractivity contribution in [1.29, 1.82) is 0 Å². The predicted octanol–water partition coefficient (Wildman–Crippen LogP) is 5.47. The Labute approximate surface area is 314 Å². The van der Waals surface area contributed by atoms with Crippen LogP contribution in [0, 0.1) is 0 Å². The number of hydrogen-bond acceptors (Lipinski definition) is 8. The molecule has 216 valence electrons. The van der Waals surface area contributed by atoms with Gasteiger partial charge in [0.05, 0.1) is 11.5 Å². The van der Waals surface area contributed by atoms with Crippen LogP contribution in [-0.4, -0.2) is 140 Å². The molecule has 13 heteroatoms. The van der Waals surface area contributed by atoms with E-state index in [4.69, 9.17) is 0 Å². The summed E-state index contributed by atoms with van der Waals surface area (Å²) < 4.78 is 79.6. The number of hydrogen-bond donors (Lipinski definition) is 0. The van der Waals surface area contributed by atoms with Gasteiger partial charge in [0.1, 0.15) is 0 Å². The quantitative estimate of drug-likeness (QED) is 0.0900. The van der Waals surface area contributed by atoms with Crippen LogP contribution in [0.3, 0.4) is 0 Å². The topological polar surface area (TPSA) is 121 Å². The second-order valence-corrected chi connectivity index (χ2v) is 14.4. The third-order valence-corrected chi connectivity index (χ3v) is 10.4. The van der Waals surface area contributed by atoms with Gasteiger partial charge in [-0.25, -0.2) is 0 Å². The summed E-state index contributed by atoms with van der Waals surface area (Å²) in [5.74, 6) is -0.991. The molecule has 0 aromatic carbocycles. The van der Waals surface area contributed by atoms with Gasteiger partial charge in [-0.2, -0.15) is 25.3 Å². The van der Waals surface area contributed by atoms with E-state index in [9.17, 15) is 25.3 Å². The van der Waals surface area contributed by atoms with E-state index < -0.39 is 42.1 Å². The second kappa shape index (κ2) is 27.9. The zero-order valence-corrected chi connectivity index (χ0v) is 24.5. The third kappa shape index (κ3) is 31.8. The van der Waals surface area contributed by atoms with Crippen LogP contribution in [0.1, 0.15) is 142 Å². The van der Waals surface area contributed by atoms with Crippen LogP contribution in [0.25, 0.3) is 0 Å². The van der Waals surface area contributed by atoms with Crippen molar-refractivity contribution < 1.29 is 32.5 Å². The summed E-state index contributed by atoms with van der Waals surface area (Å²) in [4.78, 5) is 0. The maximum absolute atomic E-state index is 11.9. The average Bonchev–Trinajstić information content (AvgIpc) is 2.74. The van der Waals surface area contributed by atoms with Crippen molar-refractivity contribution in [2.24, 2.45) is 0 Å². The summed E-state index contributed by atoms with van der Waals surface area (Å²) in [6.07, 6.45) is 19.9. The molecule has 0 spiro atoms. The van der Waals surface area contributed by atoms with Gasteiger partial charge in [0.15, 0.2) is 0 Å². The molecule has 0 atom stereocenters. The van der Waals surface area contributed by atoms with Crippen molar-refractivity contribution in [3.63, 3.8) is 0 Å². The Bertz CT molecular complexity index is 755. The first kappa shape index (κ1) is 44.5. The third-order valence-electron chi connectivity index (χ3n) is 5.87. The fraction of sp³-hybridized carbons (Fsp3) is 1.00. The number of unbranched alkanes of at least 4 members (excludes halogenated alkanes) is 18. The van der Waals surface area contributed by atoms with Gasteiger partial charge in [0, 0.05) is 0 Å². The van der Waals surface area contributed by atoms with Gasteiger partial charge in [-0.05, 0) is 12.8 Å². The molecule has 0 rings (SSSR count). The van der Waals surface area contributed by atoms with Gasteiger partial charge >= 0.3 is 113 Å². The van der Waals surface area contributed by atoms with Crippen LogP contribution in [0.15, 0.2) is 0 Å². The fourth-order valence-electron chi connectivity index (χ4n) is 3.87. The molecule has 0 aliphatic carbocycles. The Balaban J connectivity index is -0.00000578. The van der Waals surface area contributed by atoms with Crippen LogP contribution in [-0.2, 0) is 37.9 Å². The Morgan fingerprint density at radius 1 is 0.378 bits per heavy atom. The molecule has 0 aromatic rings. The van der Waals surface area contributed by atoms with E-state index >= 15 is 0 Å². The van der Waals surface area contributed by atoms with Gasteiger partial charge in [-0.15, -0.1) is 7.26 Å².